The molecule has 108 valence electrons. The SMILES string of the molecule is NCC1(C(=O)NC(C2CC2)C2CC2)CCCCCC1. The summed E-state index contributed by atoms with van der Waals surface area (Å²) in [4.78, 5) is 12.8. The van der Waals surface area contributed by atoms with Crippen LogP contribution in [-0.2, 0) is 4.79 Å². The van der Waals surface area contributed by atoms with Crippen LogP contribution < -0.4 is 11.1 Å². The van der Waals surface area contributed by atoms with Gasteiger partial charge in [0.25, 0.3) is 0 Å². The fraction of sp³-hybridized carbons (Fsp3) is 0.938. The Balaban J connectivity index is 1.65. The first-order valence-corrected chi connectivity index (χ1v) is 8.26. The van der Waals surface area contributed by atoms with Gasteiger partial charge in [0.15, 0.2) is 0 Å². The largest absolute Gasteiger partial charge is 0.352 e. The fourth-order valence-corrected chi connectivity index (χ4v) is 3.76. The lowest BCUT2D eigenvalue weighted by atomic mass is 9.79. The molecule has 0 spiro atoms. The molecular formula is C16H28N2O. The monoisotopic (exact) mass is 264 g/mol. The van der Waals surface area contributed by atoms with Gasteiger partial charge in [-0.3, -0.25) is 4.79 Å². The summed E-state index contributed by atoms with van der Waals surface area (Å²) >= 11 is 0. The molecule has 3 saturated carbocycles. The highest BCUT2D eigenvalue weighted by molar-refractivity contribution is 5.83. The van der Waals surface area contributed by atoms with Crippen LogP contribution in [-0.4, -0.2) is 18.5 Å². The Kier molecular flexibility index (Phi) is 3.84. The molecule has 1 amide bonds. The van der Waals surface area contributed by atoms with Gasteiger partial charge in [0.2, 0.25) is 5.91 Å². The molecule has 0 aromatic heterocycles. The van der Waals surface area contributed by atoms with Crippen LogP contribution in [0, 0.1) is 17.3 Å². The van der Waals surface area contributed by atoms with E-state index in [1.807, 2.05) is 0 Å². The second kappa shape index (κ2) is 5.43. The molecule has 3 N–H and O–H groups in total. The van der Waals surface area contributed by atoms with Gasteiger partial charge in [-0.15, -0.1) is 0 Å². The average molecular weight is 264 g/mol. The average Bonchev–Trinajstić information content (AvgIpc) is 3.32. The first-order chi connectivity index (χ1) is 9.25. The van der Waals surface area contributed by atoms with E-state index in [0.29, 0.717) is 12.6 Å². The summed E-state index contributed by atoms with van der Waals surface area (Å²) in [5.74, 6) is 1.83. The normalized spacial score (nSPS) is 27.1. The minimum Gasteiger partial charge on any atom is -0.352 e. The summed E-state index contributed by atoms with van der Waals surface area (Å²) in [5, 5.41) is 3.41. The summed E-state index contributed by atoms with van der Waals surface area (Å²) in [5.41, 5.74) is 5.76. The van der Waals surface area contributed by atoms with Gasteiger partial charge in [-0.1, -0.05) is 25.7 Å². The third kappa shape index (κ3) is 2.96. The Hall–Kier alpha value is -0.570. The van der Waals surface area contributed by atoms with Crippen molar-refractivity contribution in [3.8, 4) is 0 Å². The molecule has 0 unspecified atom stereocenters. The zero-order valence-electron chi connectivity index (χ0n) is 12.0. The highest BCUT2D eigenvalue weighted by atomic mass is 16.2. The maximum Gasteiger partial charge on any atom is 0.227 e. The Bertz CT molecular complexity index is 314. The molecule has 0 bridgehead atoms. The fourth-order valence-electron chi connectivity index (χ4n) is 3.76. The Labute approximate surface area is 116 Å². The number of nitrogens with one attached hydrogen (secondary N) is 1. The predicted molar refractivity (Wildman–Crippen MR) is 76.6 cm³/mol. The summed E-state index contributed by atoms with van der Waals surface area (Å²) in [7, 11) is 0. The van der Waals surface area contributed by atoms with E-state index >= 15 is 0 Å². The van der Waals surface area contributed by atoms with Crippen LogP contribution in [0.4, 0.5) is 0 Å². The van der Waals surface area contributed by atoms with Crippen molar-refractivity contribution in [3.05, 3.63) is 0 Å². The molecule has 3 aliphatic carbocycles. The number of amides is 1. The van der Waals surface area contributed by atoms with Crippen LogP contribution in [0.15, 0.2) is 0 Å². The first-order valence-electron chi connectivity index (χ1n) is 8.26. The van der Waals surface area contributed by atoms with Crippen molar-refractivity contribution < 1.29 is 4.79 Å². The highest BCUT2D eigenvalue weighted by Gasteiger charge is 2.45. The van der Waals surface area contributed by atoms with E-state index in [1.165, 1.54) is 51.4 Å². The summed E-state index contributed by atoms with van der Waals surface area (Å²) in [6.45, 7) is 0.529. The summed E-state index contributed by atoms with van der Waals surface area (Å²) in [6, 6.07) is 0.471. The van der Waals surface area contributed by atoms with E-state index < -0.39 is 0 Å². The van der Waals surface area contributed by atoms with Crippen LogP contribution in [0.5, 0.6) is 0 Å². The number of carbonyl (C=O) groups is 1. The molecule has 3 fully saturated rings. The van der Waals surface area contributed by atoms with E-state index in [0.717, 1.165) is 24.7 Å². The zero-order chi connectivity index (χ0) is 13.3. The second-order valence-corrected chi connectivity index (χ2v) is 7.07. The Morgan fingerprint density at radius 1 is 1.05 bits per heavy atom. The van der Waals surface area contributed by atoms with E-state index in [2.05, 4.69) is 5.32 Å². The van der Waals surface area contributed by atoms with Crippen LogP contribution in [0.2, 0.25) is 0 Å². The minimum atomic E-state index is -0.251. The van der Waals surface area contributed by atoms with Crippen LogP contribution in [0.1, 0.15) is 64.2 Å². The van der Waals surface area contributed by atoms with E-state index in [-0.39, 0.29) is 11.3 Å². The molecule has 0 heterocycles. The van der Waals surface area contributed by atoms with Crippen molar-refractivity contribution in [2.45, 2.75) is 70.3 Å². The molecule has 0 aromatic carbocycles. The van der Waals surface area contributed by atoms with E-state index in [1.54, 1.807) is 0 Å². The van der Waals surface area contributed by atoms with Gasteiger partial charge in [0, 0.05) is 12.6 Å². The second-order valence-electron chi connectivity index (χ2n) is 7.07. The standard InChI is InChI=1S/C16H28N2O/c17-11-16(9-3-1-2-4-10-16)15(19)18-14(12-5-6-12)13-7-8-13/h12-14H,1-11,17H2,(H,18,19). The van der Waals surface area contributed by atoms with Gasteiger partial charge in [-0.2, -0.15) is 0 Å². The molecule has 3 heteroatoms. The molecular weight excluding hydrogens is 236 g/mol. The minimum absolute atomic E-state index is 0.251. The molecule has 19 heavy (non-hydrogen) atoms. The lowest BCUT2D eigenvalue weighted by Gasteiger charge is -2.32. The van der Waals surface area contributed by atoms with Crippen molar-refractivity contribution in [2.75, 3.05) is 6.54 Å². The van der Waals surface area contributed by atoms with Gasteiger partial charge in [0.1, 0.15) is 0 Å². The Morgan fingerprint density at radius 2 is 1.58 bits per heavy atom. The third-order valence-corrected chi connectivity index (χ3v) is 5.49. The maximum atomic E-state index is 12.8. The van der Waals surface area contributed by atoms with Gasteiger partial charge in [0.05, 0.1) is 5.41 Å². The maximum absolute atomic E-state index is 12.8. The van der Waals surface area contributed by atoms with Crippen LogP contribution >= 0.6 is 0 Å². The molecule has 3 aliphatic rings. The molecule has 3 nitrogen and oxygen atoms in total. The highest BCUT2D eigenvalue weighted by Crippen LogP contribution is 2.45. The van der Waals surface area contributed by atoms with Gasteiger partial charge >= 0.3 is 0 Å². The molecule has 0 aromatic rings. The smallest absolute Gasteiger partial charge is 0.227 e. The van der Waals surface area contributed by atoms with Gasteiger partial charge < -0.3 is 11.1 Å². The summed E-state index contributed by atoms with van der Waals surface area (Å²) in [6.07, 6.45) is 12.1. The van der Waals surface area contributed by atoms with Crippen molar-refractivity contribution in [1.29, 1.82) is 0 Å². The lowest BCUT2D eigenvalue weighted by Crippen LogP contribution is -2.50. The topological polar surface area (TPSA) is 55.1 Å². The lowest BCUT2D eigenvalue weighted by molar-refractivity contribution is -0.132. The molecule has 0 radical (unpaired) electrons. The third-order valence-electron chi connectivity index (χ3n) is 5.49. The molecule has 0 saturated heterocycles. The van der Waals surface area contributed by atoms with E-state index in [9.17, 15) is 4.79 Å². The van der Waals surface area contributed by atoms with Crippen molar-refractivity contribution >= 4 is 5.91 Å². The van der Waals surface area contributed by atoms with Gasteiger partial charge in [-0.05, 0) is 50.4 Å². The van der Waals surface area contributed by atoms with Crippen LogP contribution in [0.25, 0.3) is 0 Å². The predicted octanol–water partition coefficient (Wildman–Crippen LogP) is 2.59. The Morgan fingerprint density at radius 3 is 2.00 bits per heavy atom. The van der Waals surface area contributed by atoms with Crippen molar-refractivity contribution in [1.82, 2.24) is 5.32 Å². The van der Waals surface area contributed by atoms with Crippen molar-refractivity contribution in [2.24, 2.45) is 23.0 Å². The van der Waals surface area contributed by atoms with Crippen molar-refractivity contribution in [3.63, 3.8) is 0 Å². The quantitative estimate of drug-likeness (QED) is 0.750. The number of carbonyl (C=O) groups excluding carboxylic acids is 1. The number of rotatable bonds is 5. The van der Waals surface area contributed by atoms with Gasteiger partial charge in [-0.25, -0.2) is 0 Å². The number of nitrogens with two attached hydrogens (primary N) is 1. The number of hydrogen-bond acceptors (Lipinski definition) is 2. The zero-order valence-corrected chi connectivity index (χ0v) is 12.0. The van der Waals surface area contributed by atoms with E-state index in [4.69, 9.17) is 5.73 Å². The van der Waals surface area contributed by atoms with Crippen LogP contribution in [0.3, 0.4) is 0 Å². The molecule has 3 rings (SSSR count). The molecule has 0 aliphatic heterocycles. The summed E-state index contributed by atoms with van der Waals surface area (Å²) < 4.78 is 0. The number of hydrogen-bond donors (Lipinski definition) is 2. The first kappa shape index (κ1) is 13.4. The molecule has 0 atom stereocenters.